The Hall–Kier alpha value is 1.14. The van der Waals surface area contributed by atoms with Crippen LogP contribution in [0.15, 0.2) is 0 Å². The molecule has 0 bridgehead atoms. The second kappa shape index (κ2) is 15.1. The molecule has 0 aromatic rings. The molecule has 3 unspecified atom stereocenters. The molecule has 0 saturated carbocycles. The van der Waals surface area contributed by atoms with Gasteiger partial charge in [-0.1, -0.05) is 41.5 Å². The maximum Gasteiger partial charge on any atom is 0.172 e. The standard InChI is InChI=1S/C15H48N4Si6/c1-13(2)7-16-23(10-20)19(24(11-21)17-8-14(3)4)25(12-22)18-9-15(5)6/h13-18,23-25H,7-12H2,1-6,20-22H3. The maximum atomic E-state index is 4.09. The van der Waals surface area contributed by atoms with Gasteiger partial charge in [-0.05, 0) is 54.4 Å². The molecule has 0 spiro atoms. The lowest BCUT2D eigenvalue weighted by Crippen LogP contribution is -2.71. The quantitative estimate of drug-likeness (QED) is 0.243. The highest BCUT2D eigenvalue weighted by Crippen LogP contribution is 2.08. The minimum atomic E-state index is -0.973. The van der Waals surface area contributed by atoms with E-state index in [1.807, 2.05) is 0 Å². The third kappa shape index (κ3) is 11.6. The van der Waals surface area contributed by atoms with Crippen molar-refractivity contribution in [2.24, 2.45) is 17.8 Å². The fourth-order valence-corrected chi connectivity index (χ4v) is 33.0. The summed E-state index contributed by atoms with van der Waals surface area (Å²) >= 11 is 0. The summed E-state index contributed by atoms with van der Waals surface area (Å²) in [5.41, 5.74) is 4.49. The molecule has 0 aliphatic rings. The highest BCUT2D eigenvalue weighted by atomic mass is 28.4. The van der Waals surface area contributed by atoms with Gasteiger partial charge in [0.15, 0.2) is 27.4 Å². The van der Waals surface area contributed by atoms with Gasteiger partial charge in [0, 0.05) is 30.7 Å². The summed E-state index contributed by atoms with van der Waals surface area (Å²) in [6.07, 6.45) is 0. The zero-order valence-corrected chi connectivity index (χ0v) is 28.1. The van der Waals surface area contributed by atoms with Crippen LogP contribution in [-0.2, 0) is 0 Å². The van der Waals surface area contributed by atoms with E-state index >= 15 is 0 Å². The van der Waals surface area contributed by atoms with Crippen molar-refractivity contribution in [3.8, 4) is 0 Å². The monoisotopic (exact) mass is 452 g/mol. The average Bonchev–Trinajstić information content (AvgIpc) is 2.54. The second-order valence-electron chi connectivity index (χ2n) is 8.63. The molecular weight excluding hydrogens is 405 g/mol. The Balaban J connectivity index is 5.32. The zero-order chi connectivity index (χ0) is 19.4. The third-order valence-corrected chi connectivity index (χ3v) is 24.6. The number of nitrogens with one attached hydrogen (secondary N) is 3. The molecule has 152 valence electrons. The van der Waals surface area contributed by atoms with Crippen LogP contribution in [0.1, 0.15) is 41.5 Å². The molecule has 0 heterocycles. The summed E-state index contributed by atoms with van der Waals surface area (Å²) in [4.78, 5) is 12.3. The van der Waals surface area contributed by atoms with Gasteiger partial charge in [0.05, 0.1) is 0 Å². The van der Waals surface area contributed by atoms with Crippen LogP contribution in [-0.4, -0.2) is 81.6 Å². The molecule has 0 rings (SSSR count). The average molecular weight is 453 g/mol. The van der Waals surface area contributed by atoms with Gasteiger partial charge in [-0.3, -0.25) is 0 Å². The Morgan fingerprint density at radius 2 is 0.840 bits per heavy atom. The minimum absolute atomic E-state index is 0.768. The van der Waals surface area contributed by atoms with Crippen molar-refractivity contribution in [2.75, 3.05) is 19.6 Å². The van der Waals surface area contributed by atoms with Crippen molar-refractivity contribution in [3.63, 3.8) is 0 Å². The van der Waals surface area contributed by atoms with Crippen LogP contribution < -0.4 is 14.9 Å². The molecule has 0 saturated heterocycles. The molecule has 0 fully saturated rings. The van der Waals surface area contributed by atoms with E-state index in [1.165, 1.54) is 67.4 Å². The number of rotatable bonds is 15. The first-order chi connectivity index (χ1) is 11.8. The Labute approximate surface area is 172 Å². The Kier molecular flexibility index (Phi) is 15.8. The fraction of sp³-hybridized carbons (Fsp3) is 1.00. The largest absolute Gasteiger partial charge is 0.340 e. The summed E-state index contributed by atoms with van der Waals surface area (Å²) in [7, 11) is 1.12. The second-order valence-corrected chi connectivity index (χ2v) is 26.3. The van der Waals surface area contributed by atoms with Crippen LogP contribution >= 0.6 is 0 Å². The predicted molar refractivity (Wildman–Crippen MR) is 136 cm³/mol. The van der Waals surface area contributed by atoms with Crippen LogP contribution in [0.2, 0.25) is 17.0 Å². The van der Waals surface area contributed by atoms with Gasteiger partial charge in [0.1, 0.15) is 0 Å². The molecule has 0 radical (unpaired) electrons. The Morgan fingerprint density at radius 1 is 0.600 bits per heavy atom. The summed E-state index contributed by atoms with van der Waals surface area (Å²) in [5.74, 6) is 2.30. The van der Waals surface area contributed by atoms with Gasteiger partial charge in [0.2, 0.25) is 0 Å². The van der Waals surface area contributed by atoms with Gasteiger partial charge in [-0.2, -0.15) is 0 Å². The normalized spacial score (nSPS) is 16.6. The molecule has 10 heteroatoms. The van der Waals surface area contributed by atoms with E-state index in [9.17, 15) is 0 Å². The molecule has 3 atom stereocenters. The Bertz CT molecular complexity index is 275. The summed E-state index contributed by atoms with van der Waals surface area (Å²) in [6.45, 7) is 17.8. The van der Waals surface area contributed by atoms with Gasteiger partial charge >= 0.3 is 0 Å². The smallest absolute Gasteiger partial charge is 0.172 e. The first-order valence-corrected chi connectivity index (χ1v) is 20.7. The van der Waals surface area contributed by atoms with Crippen LogP contribution in [0.4, 0.5) is 0 Å². The van der Waals surface area contributed by atoms with Crippen LogP contribution in [0.5, 0.6) is 0 Å². The van der Waals surface area contributed by atoms with Gasteiger partial charge < -0.3 is 18.8 Å². The Morgan fingerprint density at radius 3 is 1.00 bits per heavy atom. The van der Waals surface area contributed by atoms with E-state index in [4.69, 9.17) is 0 Å². The molecule has 3 N–H and O–H groups in total. The lowest BCUT2D eigenvalue weighted by Gasteiger charge is -2.43. The predicted octanol–water partition coefficient (Wildman–Crippen LogP) is -2.34. The van der Waals surface area contributed by atoms with E-state index < -0.39 is 27.4 Å². The molecule has 0 amide bonds. The molecular formula is C15H48N4Si6. The van der Waals surface area contributed by atoms with Crippen LogP contribution in [0.25, 0.3) is 0 Å². The van der Waals surface area contributed by atoms with E-state index in [1.54, 1.807) is 0 Å². The molecule has 0 aliphatic heterocycles. The molecule has 4 nitrogen and oxygen atoms in total. The van der Waals surface area contributed by atoms with Gasteiger partial charge in [-0.15, -0.1) is 0 Å². The first-order valence-electron chi connectivity index (χ1n) is 10.7. The topological polar surface area (TPSA) is 39.3 Å². The number of nitrogens with zero attached hydrogens (tertiary/aromatic N) is 1. The van der Waals surface area contributed by atoms with Crippen molar-refractivity contribution in [2.45, 2.75) is 58.5 Å². The van der Waals surface area contributed by atoms with E-state index in [-0.39, 0.29) is 0 Å². The summed E-state index contributed by atoms with van der Waals surface area (Å²) in [6, 6.07) is 0. The van der Waals surface area contributed by atoms with Gasteiger partial charge in [-0.25, -0.2) is 0 Å². The highest BCUT2D eigenvalue weighted by molar-refractivity contribution is 6.88. The van der Waals surface area contributed by atoms with Gasteiger partial charge in [0.25, 0.3) is 0 Å². The highest BCUT2D eigenvalue weighted by Gasteiger charge is 2.32. The summed E-state index contributed by atoms with van der Waals surface area (Å²) < 4.78 is 3.19. The maximum absolute atomic E-state index is 4.09. The van der Waals surface area contributed by atoms with E-state index in [0.717, 1.165) is 17.8 Å². The minimum Gasteiger partial charge on any atom is -0.340 e. The van der Waals surface area contributed by atoms with Crippen molar-refractivity contribution in [3.05, 3.63) is 0 Å². The fourth-order valence-electron chi connectivity index (χ4n) is 3.15. The molecule has 0 aromatic carbocycles. The van der Waals surface area contributed by atoms with E-state index in [0.29, 0.717) is 0 Å². The number of hydrogen-bond donors (Lipinski definition) is 3. The lowest BCUT2D eigenvalue weighted by atomic mass is 10.2. The van der Waals surface area contributed by atoms with Crippen molar-refractivity contribution >= 4 is 58.1 Å². The van der Waals surface area contributed by atoms with Crippen molar-refractivity contribution < 1.29 is 0 Å². The summed E-state index contributed by atoms with van der Waals surface area (Å²) in [5, 5.41) is 0. The van der Waals surface area contributed by atoms with E-state index in [2.05, 4.69) is 60.4 Å². The zero-order valence-electron chi connectivity index (χ0n) is 18.7. The van der Waals surface area contributed by atoms with Crippen molar-refractivity contribution in [1.29, 1.82) is 0 Å². The molecule has 0 aromatic heterocycles. The SMILES string of the molecule is CC(C)CN[SiH](C[SiH3])N([SiH](C[SiH3])NCC(C)C)[SiH](C[SiH3])NCC(C)C. The molecule has 25 heavy (non-hydrogen) atoms. The third-order valence-electron chi connectivity index (χ3n) is 4.52. The molecule has 0 aliphatic carbocycles. The lowest BCUT2D eigenvalue weighted by molar-refractivity contribution is 0.597. The number of hydrogen-bond acceptors (Lipinski definition) is 4. The van der Waals surface area contributed by atoms with Crippen LogP contribution in [0, 0.1) is 17.8 Å². The first kappa shape index (κ1) is 26.1. The van der Waals surface area contributed by atoms with Crippen molar-refractivity contribution in [1.82, 2.24) is 18.8 Å². The van der Waals surface area contributed by atoms with Crippen LogP contribution in [0.3, 0.4) is 0 Å².